The van der Waals surface area contributed by atoms with Crippen LogP contribution >= 0.6 is 0 Å². The number of aromatic nitrogens is 3. The van der Waals surface area contributed by atoms with Crippen molar-refractivity contribution in [2.45, 2.75) is 32.2 Å². The second-order valence-corrected chi connectivity index (χ2v) is 9.45. The molecule has 0 aliphatic rings. The molecule has 0 amide bonds. The molecule has 0 aliphatic heterocycles. The SMILES string of the molecule is Oc1ccccc1C=NCCC(O)CN(CCN(Cc1ccccn1)Cc1ccccn1)Cc1ccccn1. The van der Waals surface area contributed by atoms with E-state index in [0.717, 1.165) is 30.2 Å². The standard InChI is InChI=1S/C31H36N6O2/c38-30(14-18-32-21-26-9-1-2-13-31(26)39)25-37(24-29-12-5-8-17-35-29)20-19-36(22-27-10-3-6-15-33-27)23-28-11-4-7-16-34-28/h1-13,15-17,21,30,38-39H,14,18-20,22-25H2. The van der Waals surface area contributed by atoms with Gasteiger partial charge in [0, 0.05) is 76.2 Å². The molecule has 0 fully saturated rings. The van der Waals surface area contributed by atoms with Gasteiger partial charge in [0.2, 0.25) is 0 Å². The molecule has 2 N–H and O–H groups in total. The Labute approximate surface area is 230 Å². The van der Waals surface area contributed by atoms with Gasteiger partial charge in [-0.1, -0.05) is 30.3 Å². The third-order valence-corrected chi connectivity index (χ3v) is 6.30. The number of rotatable bonds is 15. The minimum absolute atomic E-state index is 0.198. The molecule has 8 heteroatoms. The van der Waals surface area contributed by atoms with E-state index in [-0.39, 0.29) is 5.75 Å². The fourth-order valence-corrected chi connectivity index (χ4v) is 4.27. The smallest absolute Gasteiger partial charge is 0.124 e. The molecule has 3 aromatic heterocycles. The van der Waals surface area contributed by atoms with Crippen LogP contribution in [0.15, 0.2) is 102 Å². The van der Waals surface area contributed by atoms with E-state index in [0.29, 0.717) is 44.7 Å². The third-order valence-electron chi connectivity index (χ3n) is 6.30. The van der Waals surface area contributed by atoms with Crippen molar-refractivity contribution < 1.29 is 10.2 Å². The van der Waals surface area contributed by atoms with E-state index < -0.39 is 6.10 Å². The molecule has 1 atom stereocenters. The maximum Gasteiger partial charge on any atom is 0.124 e. The van der Waals surface area contributed by atoms with Crippen LogP contribution in [0.25, 0.3) is 0 Å². The Balaban J connectivity index is 1.38. The predicted octanol–water partition coefficient (Wildman–Crippen LogP) is 3.95. The molecule has 0 spiro atoms. The first-order valence-corrected chi connectivity index (χ1v) is 13.3. The van der Waals surface area contributed by atoms with Gasteiger partial charge in [-0.15, -0.1) is 0 Å². The average molecular weight is 525 g/mol. The molecule has 3 heterocycles. The van der Waals surface area contributed by atoms with Crippen molar-refractivity contribution in [1.29, 1.82) is 0 Å². The van der Waals surface area contributed by atoms with Crippen LogP contribution in [-0.2, 0) is 19.6 Å². The van der Waals surface area contributed by atoms with E-state index in [1.807, 2.05) is 79.1 Å². The number of aromatic hydroxyl groups is 1. The zero-order valence-corrected chi connectivity index (χ0v) is 22.1. The summed E-state index contributed by atoms with van der Waals surface area (Å²) in [5, 5.41) is 20.8. The van der Waals surface area contributed by atoms with Crippen LogP contribution in [0.3, 0.4) is 0 Å². The molecule has 1 aromatic carbocycles. The molecule has 202 valence electrons. The highest BCUT2D eigenvalue weighted by atomic mass is 16.3. The van der Waals surface area contributed by atoms with Crippen LogP contribution in [0.4, 0.5) is 0 Å². The summed E-state index contributed by atoms with van der Waals surface area (Å²) in [5.41, 5.74) is 3.65. The van der Waals surface area contributed by atoms with Gasteiger partial charge in [-0.05, 0) is 55.0 Å². The lowest BCUT2D eigenvalue weighted by Crippen LogP contribution is -2.39. The van der Waals surface area contributed by atoms with Crippen molar-refractivity contribution in [3.63, 3.8) is 0 Å². The maximum atomic E-state index is 10.9. The Bertz CT molecular complexity index is 1220. The van der Waals surface area contributed by atoms with Crippen LogP contribution in [0.5, 0.6) is 5.75 Å². The number of benzene rings is 1. The van der Waals surface area contributed by atoms with Gasteiger partial charge in [-0.25, -0.2) is 0 Å². The fraction of sp³-hybridized carbons (Fsp3) is 0.290. The lowest BCUT2D eigenvalue weighted by Gasteiger charge is -2.28. The van der Waals surface area contributed by atoms with Crippen molar-refractivity contribution in [3.8, 4) is 5.75 Å². The highest BCUT2D eigenvalue weighted by Crippen LogP contribution is 2.13. The zero-order chi connectivity index (χ0) is 27.1. The Morgan fingerprint density at radius 3 is 1.74 bits per heavy atom. The van der Waals surface area contributed by atoms with Crippen molar-refractivity contribution in [2.75, 3.05) is 26.2 Å². The van der Waals surface area contributed by atoms with Gasteiger partial charge in [0.05, 0.1) is 23.2 Å². The van der Waals surface area contributed by atoms with Gasteiger partial charge < -0.3 is 10.2 Å². The number of hydrogen-bond acceptors (Lipinski definition) is 8. The Kier molecular flexibility index (Phi) is 11.1. The monoisotopic (exact) mass is 524 g/mol. The summed E-state index contributed by atoms with van der Waals surface area (Å²) in [6, 6.07) is 24.9. The first-order chi connectivity index (χ1) is 19.2. The number of pyridine rings is 3. The van der Waals surface area contributed by atoms with E-state index in [9.17, 15) is 10.2 Å². The Morgan fingerprint density at radius 2 is 1.21 bits per heavy atom. The summed E-state index contributed by atoms with van der Waals surface area (Å²) in [7, 11) is 0. The number of nitrogens with zero attached hydrogens (tertiary/aromatic N) is 6. The molecule has 0 radical (unpaired) electrons. The zero-order valence-electron chi connectivity index (χ0n) is 22.1. The molecular weight excluding hydrogens is 488 g/mol. The van der Waals surface area contributed by atoms with Crippen molar-refractivity contribution in [1.82, 2.24) is 24.8 Å². The molecule has 0 saturated heterocycles. The number of aliphatic imine (C=N–C) groups is 1. The first kappa shape index (κ1) is 28.0. The van der Waals surface area contributed by atoms with E-state index in [1.54, 1.807) is 24.5 Å². The second kappa shape index (κ2) is 15.4. The highest BCUT2D eigenvalue weighted by molar-refractivity contribution is 5.83. The normalized spacial score (nSPS) is 12.4. The van der Waals surface area contributed by atoms with E-state index in [1.165, 1.54) is 0 Å². The molecule has 0 bridgehead atoms. The topological polar surface area (TPSA) is 98.0 Å². The van der Waals surface area contributed by atoms with Gasteiger partial charge in [-0.3, -0.25) is 29.7 Å². The molecule has 0 aliphatic carbocycles. The summed E-state index contributed by atoms with van der Waals surface area (Å²) >= 11 is 0. The molecule has 39 heavy (non-hydrogen) atoms. The minimum atomic E-state index is -0.546. The van der Waals surface area contributed by atoms with Gasteiger partial charge in [0.25, 0.3) is 0 Å². The van der Waals surface area contributed by atoms with Gasteiger partial charge >= 0.3 is 0 Å². The average Bonchev–Trinajstić information content (AvgIpc) is 2.96. The maximum absolute atomic E-state index is 10.9. The van der Waals surface area contributed by atoms with Crippen LogP contribution in [0.2, 0.25) is 0 Å². The molecule has 0 saturated carbocycles. The summed E-state index contributed by atoms with van der Waals surface area (Å²) in [5.74, 6) is 0.198. The van der Waals surface area contributed by atoms with Gasteiger partial charge in [-0.2, -0.15) is 0 Å². The lowest BCUT2D eigenvalue weighted by molar-refractivity contribution is 0.0925. The first-order valence-electron chi connectivity index (χ1n) is 13.3. The summed E-state index contributed by atoms with van der Waals surface area (Å²) in [6.07, 6.45) is 7.07. The van der Waals surface area contributed by atoms with Crippen molar-refractivity contribution >= 4 is 6.21 Å². The Hall–Kier alpha value is -3.98. The van der Waals surface area contributed by atoms with E-state index >= 15 is 0 Å². The number of para-hydroxylation sites is 1. The number of aliphatic hydroxyl groups is 1. The van der Waals surface area contributed by atoms with Crippen LogP contribution in [-0.4, -0.2) is 73.5 Å². The largest absolute Gasteiger partial charge is 0.507 e. The number of hydrogen-bond donors (Lipinski definition) is 2. The fourth-order valence-electron chi connectivity index (χ4n) is 4.27. The van der Waals surface area contributed by atoms with Crippen LogP contribution in [0, 0.1) is 0 Å². The molecule has 1 unspecified atom stereocenters. The van der Waals surface area contributed by atoms with Crippen LogP contribution < -0.4 is 0 Å². The lowest BCUT2D eigenvalue weighted by atomic mass is 10.2. The highest BCUT2D eigenvalue weighted by Gasteiger charge is 2.16. The van der Waals surface area contributed by atoms with Crippen molar-refractivity contribution in [2.24, 2.45) is 4.99 Å². The van der Waals surface area contributed by atoms with Crippen LogP contribution in [0.1, 0.15) is 29.1 Å². The van der Waals surface area contributed by atoms with Gasteiger partial charge in [0.1, 0.15) is 5.75 Å². The second-order valence-electron chi connectivity index (χ2n) is 9.45. The number of aliphatic hydroxyl groups excluding tert-OH is 1. The quantitative estimate of drug-likeness (QED) is 0.227. The number of phenols is 1. The summed E-state index contributed by atoms with van der Waals surface area (Å²) in [6.45, 7) is 4.55. The minimum Gasteiger partial charge on any atom is -0.507 e. The molecular formula is C31H36N6O2. The molecule has 4 rings (SSSR count). The van der Waals surface area contributed by atoms with E-state index in [4.69, 9.17) is 0 Å². The molecule has 8 nitrogen and oxygen atoms in total. The Morgan fingerprint density at radius 1 is 0.692 bits per heavy atom. The molecule has 4 aromatic rings. The number of phenolic OH excluding ortho intramolecular Hbond substituents is 1. The third kappa shape index (κ3) is 10.0. The van der Waals surface area contributed by atoms with Crippen molar-refractivity contribution in [3.05, 3.63) is 120 Å². The summed E-state index contributed by atoms with van der Waals surface area (Å²) < 4.78 is 0. The van der Waals surface area contributed by atoms with Gasteiger partial charge in [0.15, 0.2) is 0 Å². The predicted molar refractivity (Wildman–Crippen MR) is 153 cm³/mol. The summed E-state index contributed by atoms with van der Waals surface area (Å²) in [4.78, 5) is 22.5. The van der Waals surface area contributed by atoms with E-state index in [2.05, 4.69) is 29.7 Å².